The Morgan fingerprint density at radius 1 is 1.10 bits per heavy atom. The number of carbonyl (C=O) groups excluding carboxylic acids is 2. The van der Waals surface area contributed by atoms with Crippen LogP contribution in [0.5, 0.6) is 0 Å². The van der Waals surface area contributed by atoms with Crippen molar-refractivity contribution in [1.29, 1.82) is 0 Å². The number of esters is 1. The minimum absolute atomic E-state index is 0.0558. The second-order valence-corrected chi connectivity index (χ2v) is 5.94. The van der Waals surface area contributed by atoms with E-state index in [1.54, 1.807) is 0 Å². The lowest BCUT2D eigenvalue weighted by molar-refractivity contribution is -0.930. The quantitative estimate of drug-likeness (QED) is 0.405. The summed E-state index contributed by atoms with van der Waals surface area (Å²) in [5.41, 5.74) is 0. The van der Waals surface area contributed by atoms with Gasteiger partial charge in [-0.2, -0.15) is 0 Å². The van der Waals surface area contributed by atoms with E-state index in [9.17, 15) is 14.7 Å². The van der Waals surface area contributed by atoms with Crippen molar-refractivity contribution < 1.29 is 23.9 Å². The summed E-state index contributed by atoms with van der Waals surface area (Å²) in [5, 5.41) is 10.9. The van der Waals surface area contributed by atoms with Gasteiger partial charge in [-0.25, -0.2) is 0 Å². The van der Waals surface area contributed by atoms with Crippen LogP contribution in [0, 0.1) is 0 Å². The van der Waals surface area contributed by atoms with E-state index in [0.717, 1.165) is 38.8 Å². The first kappa shape index (κ1) is 19.9. The molecule has 0 heterocycles. The molecule has 124 valence electrons. The van der Waals surface area contributed by atoms with Crippen LogP contribution >= 0.6 is 0 Å². The maximum Gasteiger partial charge on any atom is 0.303 e. The Hall–Kier alpha value is -1.10. The van der Waals surface area contributed by atoms with Crippen molar-refractivity contribution >= 4 is 11.9 Å². The van der Waals surface area contributed by atoms with Crippen LogP contribution < -0.4 is 5.11 Å². The van der Waals surface area contributed by atoms with Crippen molar-refractivity contribution in [3.63, 3.8) is 0 Å². The predicted molar refractivity (Wildman–Crippen MR) is 80.4 cm³/mol. The smallest absolute Gasteiger partial charge is 0.303 e. The van der Waals surface area contributed by atoms with Crippen LogP contribution in [0.2, 0.25) is 0 Å². The maximum absolute atomic E-state index is 11.1. The monoisotopic (exact) mass is 301 g/mol. The van der Waals surface area contributed by atoms with Crippen LogP contribution in [0.4, 0.5) is 0 Å². The zero-order valence-electron chi connectivity index (χ0n) is 14.0. The van der Waals surface area contributed by atoms with Gasteiger partial charge < -0.3 is 19.1 Å². The van der Waals surface area contributed by atoms with Gasteiger partial charge in [-0.1, -0.05) is 26.7 Å². The van der Waals surface area contributed by atoms with E-state index in [0.29, 0.717) is 17.6 Å². The average molecular weight is 301 g/mol. The number of ether oxygens (including phenoxy) is 1. The molecule has 0 aromatic carbocycles. The number of rotatable bonds is 12. The van der Waals surface area contributed by atoms with Crippen LogP contribution in [-0.4, -0.2) is 48.7 Å². The molecule has 0 saturated carbocycles. The van der Waals surface area contributed by atoms with Crippen LogP contribution in [0.25, 0.3) is 0 Å². The van der Waals surface area contributed by atoms with E-state index >= 15 is 0 Å². The van der Waals surface area contributed by atoms with Gasteiger partial charge in [0.2, 0.25) is 0 Å². The first-order valence-electron chi connectivity index (χ1n) is 8.07. The van der Waals surface area contributed by atoms with E-state index in [2.05, 4.69) is 13.8 Å². The fourth-order valence-electron chi connectivity index (χ4n) is 2.79. The molecule has 0 aliphatic carbocycles. The highest BCUT2D eigenvalue weighted by molar-refractivity contribution is 5.66. The van der Waals surface area contributed by atoms with Gasteiger partial charge in [0.15, 0.2) is 0 Å². The third-order valence-electron chi connectivity index (χ3n) is 3.77. The standard InChI is InChI=1S/C16H31NO4/c1-5-7-10-17(11-8-6-2,12-9-16(19)20)13-14(3)21-15(4)18/h14H,5-13H2,1-4H3. The second-order valence-electron chi connectivity index (χ2n) is 5.94. The van der Waals surface area contributed by atoms with Gasteiger partial charge in [0, 0.05) is 19.3 Å². The molecule has 0 amide bonds. The highest BCUT2D eigenvalue weighted by Gasteiger charge is 2.29. The van der Waals surface area contributed by atoms with Crippen molar-refractivity contribution in [2.24, 2.45) is 0 Å². The Balaban J connectivity index is 4.92. The van der Waals surface area contributed by atoms with Gasteiger partial charge >= 0.3 is 5.97 Å². The average Bonchev–Trinajstić information content (AvgIpc) is 2.39. The number of carboxylic acid groups (broad SMARTS) is 1. The number of unbranched alkanes of at least 4 members (excludes halogenated alkanes) is 2. The maximum atomic E-state index is 11.1. The van der Waals surface area contributed by atoms with Gasteiger partial charge in [0.05, 0.1) is 19.6 Å². The van der Waals surface area contributed by atoms with E-state index in [1.807, 2.05) is 6.92 Å². The molecule has 0 aromatic heterocycles. The number of hydrogen-bond acceptors (Lipinski definition) is 4. The molecule has 1 atom stereocenters. The molecule has 5 nitrogen and oxygen atoms in total. The summed E-state index contributed by atoms with van der Waals surface area (Å²) in [6, 6.07) is 0. The molecule has 1 unspecified atom stereocenters. The number of carbonyl (C=O) groups is 2. The van der Waals surface area contributed by atoms with E-state index in [4.69, 9.17) is 4.74 Å². The number of carboxylic acids is 1. The van der Waals surface area contributed by atoms with E-state index < -0.39 is 5.97 Å². The van der Waals surface area contributed by atoms with Gasteiger partial charge in [0.1, 0.15) is 12.6 Å². The van der Waals surface area contributed by atoms with Crippen LogP contribution in [0.15, 0.2) is 0 Å². The Bertz CT molecular complexity index is 309. The summed E-state index contributed by atoms with van der Waals surface area (Å²) in [6.07, 6.45) is 4.09. The summed E-state index contributed by atoms with van der Waals surface area (Å²) in [4.78, 5) is 22.0. The molecule has 0 aliphatic rings. The minimum Gasteiger partial charge on any atom is -0.550 e. The van der Waals surface area contributed by atoms with Gasteiger partial charge in [-0.3, -0.25) is 4.79 Å². The zero-order valence-corrected chi connectivity index (χ0v) is 14.0. The van der Waals surface area contributed by atoms with Crippen molar-refractivity contribution in [2.45, 2.75) is 65.9 Å². The number of aliphatic carboxylic acids is 1. The van der Waals surface area contributed by atoms with Crippen molar-refractivity contribution in [1.82, 2.24) is 0 Å². The molecule has 0 fully saturated rings. The fraction of sp³-hybridized carbons (Fsp3) is 0.875. The lowest BCUT2D eigenvalue weighted by atomic mass is 10.1. The summed E-state index contributed by atoms with van der Waals surface area (Å²) in [6.45, 7) is 10.6. The van der Waals surface area contributed by atoms with Gasteiger partial charge in [-0.15, -0.1) is 0 Å². The minimum atomic E-state index is -1.01. The molecule has 0 radical (unpaired) electrons. The van der Waals surface area contributed by atoms with Crippen LogP contribution in [0.3, 0.4) is 0 Å². The molecular formula is C16H31NO4. The molecule has 0 N–H and O–H groups in total. The Labute approximate surface area is 128 Å². The summed E-state index contributed by atoms with van der Waals surface area (Å²) >= 11 is 0. The summed E-state index contributed by atoms with van der Waals surface area (Å²) < 4.78 is 5.95. The molecule has 0 bridgehead atoms. The number of nitrogens with zero attached hydrogens (tertiary/aromatic N) is 1. The second kappa shape index (κ2) is 10.6. The summed E-state index contributed by atoms with van der Waals surface area (Å²) in [5.74, 6) is -1.29. The van der Waals surface area contributed by atoms with E-state index in [-0.39, 0.29) is 18.5 Å². The Morgan fingerprint density at radius 2 is 1.62 bits per heavy atom. The third-order valence-corrected chi connectivity index (χ3v) is 3.77. The number of hydrogen-bond donors (Lipinski definition) is 0. The SMILES string of the molecule is CCCC[N+](CCCC)(CCC(=O)[O-])CC(C)OC(C)=O. The lowest BCUT2D eigenvalue weighted by Gasteiger charge is -2.40. The highest BCUT2D eigenvalue weighted by atomic mass is 16.5. The third kappa shape index (κ3) is 9.45. The normalized spacial score (nSPS) is 13.0. The molecule has 0 rings (SSSR count). The highest BCUT2D eigenvalue weighted by Crippen LogP contribution is 2.16. The summed E-state index contributed by atoms with van der Waals surface area (Å²) in [7, 11) is 0. The Kier molecular flexibility index (Phi) is 10.0. The fourth-order valence-corrected chi connectivity index (χ4v) is 2.79. The Morgan fingerprint density at radius 3 is 2.00 bits per heavy atom. The first-order chi connectivity index (χ1) is 9.85. The predicted octanol–water partition coefficient (Wildman–Crippen LogP) is 1.49. The molecule has 0 aromatic rings. The molecule has 0 saturated heterocycles. The largest absolute Gasteiger partial charge is 0.550 e. The van der Waals surface area contributed by atoms with E-state index in [1.165, 1.54) is 6.92 Å². The molecule has 0 spiro atoms. The molecule has 21 heavy (non-hydrogen) atoms. The van der Waals surface area contributed by atoms with Crippen LogP contribution in [0.1, 0.15) is 59.8 Å². The lowest BCUT2D eigenvalue weighted by Crippen LogP contribution is -2.55. The van der Waals surface area contributed by atoms with Gasteiger partial charge in [0.25, 0.3) is 0 Å². The molecule has 5 heteroatoms. The molecular weight excluding hydrogens is 270 g/mol. The first-order valence-corrected chi connectivity index (χ1v) is 8.07. The van der Waals surface area contributed by atoms with Crippen molar-refractivity contribution in [2.75, 3.05) is 26.2 Å². The molecule has 0 aliphatic heterocycles. The van der Waals surface area contributed by atoms with Crippen LogP contribution in [-0.2, 0) is 14.3 Å². The van der Waals surface area contributed by atoms with Crippen molar-refractivity contribution in [3.8, 4) is 0 Å². The van der Waals surface area contributed by atoms with Gasteiger partial charge in [-0.05, 0) is 19.8 Å². The zero-order chi connectivity index (χ0) is 16.3. The number of quaternary nitrogens is 1. The van der Waals surface area contributed by atoms with Crippen molar-refractivity contribution in [3.05, 3.63) is 0 Å². The topological polar surface area (TPSA) is 66.4 Å².